The van der Waals surface area contributed by atoms with Crippen LogP contribution in [0.5, 0.6) is 0 Å². The molecule has 1 heterocycles. The Morgan fingerprint density at radius 1 is 1.40 bits per heavy atom. The second-order valence-corrected chi connectivity index (χ2v) is 3.59. The quantitative estimate of drug-likeness (QED) is 0.730. The van der Waals surface area contributed by atoms with Gasteiger partial charge in [0.15, 0.2) is 6.29 Å². The number of aromatic nitrogens is 2. The van der Waals surface area contributed by atoms with Crippen LogP contribution >= 0.6 is 11.6 Å². The SMILES string of the molecule is Cc1nn(-c2ccccc2Cl)cc1C=O. The fraction of sp³-hybridized carbons (Fsp3) is 0.0909. The van der Waals surface area contributed by atoms with Crippen LogP contribution in [0.1, 0.15) is 16.1 Å². The molecule has 0 radical (unpaired) electrons. The van der Waals surface area contributed by atoms with Gasteiger partial charge in [-0.3, -0.25) is 4.79 Å². The predicted octanol–water partition coefficient (Wildman–Crippen LogP) is 2.65. The Morgan fingerprint density at radius 3 is 2.73 bits per heavy atom. The normalized spacial score (nSPS) is 10.3. The van der Waals surface area contributed by atoms with Gasteiger partial charge >= 0.3 is 0 Å². The lowest BCUT2D eigenvalue weighted by atomic mass is 10.3. The second-order valence-electron chi connectivity index (χ2n) is 3.18. The van der Waals surface area contributed by atoms with Crippen molar-refractivity contribution in [2.45, 2.75) is 6.92 Å². The highest BCUT2D eigenvalue weighted by Gasteiger charge is 2.07. The Hall–Kier alpha value is -1.61. The van der Waals surface area contributed by atoms with Crippen molar-refractivity contribution in [1.29, 1.82) is 0 Å². The van der Waals surface area contributed by atoms with Crippen molar-refractivity contribution in [3.8, 4) is 5.69 Å². The summed E-state index contributed by atoms with van der Waals surface area (Å²) in [5.41, 5.74) is 2.05. The molecule has 0 aliphatic heterocycles. The van der Waals surface area contributed by atoms with Crippen LogP contribution in [0.15, 0.2) is 30.5 Å². The second kappa shape index (κ2) is 3.87. The van der Waals surface area contributed by atoms with E-state index in [4.69, 9.17) is 11.6 Å². The molecule has 0 spiro atoms. The van der Waals surface area contributed by atoms with Gasteiger partial charge in [0.2, 0.25) is 0 Å². The minimum absolute atomic E-state index is 0.579. The summed E-state index contributed by atoms with van der Waals surface area (Å²) >= 11 is 6.01. The van der Waals surface area contributed by atoms with Crippen LogP contribution < -0.4 is 0 Å². The highest BCUT2D eigenvalue weighted by molar-refractivity contribution is 6.32. The van der Waals surface area contributed by atoms with E-state index in [1.807, 2.05) is 18.2 Å². The average Bonchev–Trinajstić information content (AvgIpc) is 2.60. The summed E-state index contributed by atoms with van der Waals surface area (Å²) in [5, 5.41) is 4.82. The molecule has 0 fully saturated rings. The van der Waals surface area contributed by atoms with Crippen molar-refractivity contribution in [3.05, 3.63) is 46.7 Å². The third kappa shape index (κ3) is 1.78. The minimum atomic E-state index is 0.579. The zero-order valence-electron chi connectivity index (χ0n) is 8.14. The number of aryl methyl sites for hydroxylation is 1. The van der Waals surface area contributed by atoms with Crippen LogP contribution in [-0.2, 0) is 0 Å². The van der Waals surface area contributed by atoms with Crippen molar-refractivity contribution in [1.82, 2.24) is 9.78 Å². The Labute approximate surface area is 92.3 Å². The average molecular weight is 221 g/mol. The number of carbonyl (C=O) groups is 1. The number of hydrogen-bond donors (Lipinski definition) is 0. The lowest BCUT2D eigenvalue weighted by Gasteiger charge is -2.02. The Balaban J connectivity index is 2.55. The molecule has 0 bridgehead atoms. The molecular formula is C11H9ClN2O. The molecule has 3 nitrogen and oxygen atoms in total. The molecule has 76 valence electrons. The van der Waals surface area contributed by atoms with Crippen LogP contribution in [0, 0.1) is 6.92 Å². The van der Waals surface area contributed by atoms with Crippen LogP contribution in [-0.4, -0.2) is 16.1 Å². The van der Waals surface area contributed by atoms with E-state index in [0.717, 1.165) is 12.0 Å². The molecule has 0 saturated carbocycles. The van der Waals surface area contributed by atoms with E-state index >= 15 is 0 Å². The third-order valence-electron chi connectivity index (χ3n) is 2.16. The molecule has 2 rings (SSSR count). The number of hydrogen-bond acceptors (Lipinski definition) is 2. The first kappa shape index (κ1) is 9.93. The van der Waals surface area contributed by atoms with Gasteiger partial charge in [-0.25, -0.2) is 4.68 Å². The van der Waals surface area contributed by atoms with Crippen LogP contribution in [0.4, 0.5) is 0 Å². The van der Waals surface area contributed by atoms with Crippen LogP contribution in [0.25, 0.3) is 5.69 Å². The number of benzene rings is 1. The summed E-state index contributed by atoms with van der Waals surface area (Å²) in [6.45, 7) is 1.79. The molecule has 0 N–H and O–H groups in total. The van der Waals surface area contributed by atoms with Gasteiger partial charge in [0.05, 0.1) is 22.0 Å². The molecule has 0 saturated heterocycles. The van der Waals surface area contributed by atoms with Crippen LogP contribution in [0.3, 0.4) is 0 Å². The van der Waals surface area contributed by atoms with Crippen LogP contribution in [0.2, 0.25) is 5.02 Å². The summed E-state index contributed by atoms with van der Waals surface area (Å²) in [7, 11) is 0. The number of carbonyl (C=O) groups excluding carboxylic acids is 1. The van der Waals surface area contributed by atoms with Crippen molar-refractivity contribution in [2.24, 2.45) is 0 Å². The van der Waals surface area contributed by atoms with Crippen molar-refractivity contribution in [3.63, 3.8) is 0 Å². The lowest BCUT2D eigenvalue weighted by molar-refractivity contribution is 0.112. The van der Waals surface area contributed by atoms with Crippen molar-refractivity contribution in [2.75, 3.05) is 0 Å². The fourth-order valence-corrected chi connectivity index (χ4v) is 1.57. The van der Waals surface area contributed by atoms with E-state index in [-0.39, 0.29) is 0 Å². The summed E-state index contributed by atoms with van der Waals surface area (Å²) in [6, 6.07) is 7.36. The molecular weight excluding hydrogens is 212 g/mol. The van der Waals surface area contributed by atoms with E-state index in [1.54, 1.807) is 23.9 Å². The summed E-state index contributed by atoms with van der Waals surface area (Å²) < 4.78 is 1.61. The molecule has 0 aliphatic rings. The first-order valence-electron chi connectivity index (χ1n) is 4.48. The number of aldehydes is 1. The molecule has 0 aliphatic carbocycles. The van der Waals surface area contributed by atoms with Crippen molar-refractivity contribution >= 4 is 17.9 Å². The highest BCUT2D eigenvalue weighted by atomic mass is 35.5. The minimum Gasteiger partial charge on any atom is -0.298 e. The Morgan fingerprint density at radius 2 is 2.13 bits per heavy atom. The van der Waals surface area contributed by atoms with Gasteiger partial charge in [-0.1, -0.05) is 23.7 Å². The van der Waals surface area contributed by atoms with Gasteiger partial charge in [-0.15, -0.1) is 0 Å². The van der Waals surface area contributed by atoms with E-state index in [1.165, 1.54) is 0 Å². The largest absolute Gasteiger partial charge is 0.298 e. The Bertz CT molecular complexity index is 505. The summed E-state index contributed by atoms with van der Waals surface area (Å²) in [4.78, 5) is 10.7. The van der Waals surface area contributed by atoms with E-state index in [9.17, 15) is 4.79 Å². The molecule has 0 amide bonds. The monoisotopic (exact) mass is 220 g/mol. The van der Waals surface area contributed by atoms with E-state index in [0.29, 0.717) is 16.3 Å². The zero-order valence-corrected chi connectivity index (χ0v) is 8.90. The molecule has 2 aromatic rings. The lowest BCUT2D eigenvalue weighted by Crippen LogP contribution is -1.95. The number of halogens is 1. The standard InChI is InChI=1S/C11H9ClN2O/c1-8-9(7-15)6-14(13-8)11-5-3-2-4-10(11)12/h2-7H,1H3. The Kier molecular flexibility index (Phi) is 2.56. The van der Waals surface area contributed by atoms with E-state index < -0.39 is 0 Å². The summed E-state index contributed by atoms with van der Waals surface area (Å²) in [6.07, 6.45) is 2.46. The van der Waals surface area contributed by atoms with Gasteiger partial charge in [-0.2, -0.15) is 5.10 Å². The maximum atomic E-state index is 10.7. The van der Waals surface area contributed by atoms with Gasteiger partial charge in [0.1, 0.15) is 0 Å². The van der Waals surface area contributed by atoms with Gasteiger partial charge in [-0.05, 0) is 19.1 Å². The van der Waals surface area contributed by atoms with Gasteiger partial charge in [0, 0.05) is 6.20 Å². The molecule has 4 heteroatoms. The molecule has 15 heavy (non-hydrogen) atoms. The molecule has 1 aromatic carbocycles. The highest BCUT2D eigenvalue weighted by Crippen LogP contribution is 2.19. The van der Waals surface area contributed by atoms with Crippen molar-refractivity contribution < 1.29 is 4.79 Å². The third-order valence-corrected chi connectivity index (χ3v) is 2.48. The first-order valence-corrected chi connectivity index (χ1v) is 4.86. The molecule has 0 unspecified atom stereocenters. The first-order chi connectivity index (χ1) is 7.22. The van der Waals surface area contributed by atoms with Gasteiger partial charge in [0.25, 0.3) is 0 Å². The maximum absolute atomic E-state index is 10.7. The number of para-hydroxylation sites is 1. The number of rotatable bonds is 2. The van der Waals surface area contributed by atoms with Gasteiger partial charge < -0.3 is 0 Å². The summed E-state index contributed by atoms with van der Waals surface area (Å²) in [5.74, 6) is 0. The molecule has 1 aromatic heterocycles. The molecule has 0 atom stereocenters. The topological polar surface area (TPSA) is 34.9 Å². The fourth-order valence-electron chi connectivity index (χ4n) is 1.35. The smallest absolute Gasteiger partial charge is 0.153 e. The van der Waals surface area contributed by atoms with E-state index in [2.05, 4.69) is 5.10 Å². The zero-order chi connectivity index (χ0) is 10.8. The number of nitrogens with zero attached hydrogens (tertiary/aromatic N) is 2. The predicted molar refractivity (Wildman–Crippen MR) is 58.7 cm³/mol. The maximum Gasteiger partial charge on any atom is 0.153 e.